The Kier molecular flexibility index (Phi) is 4.59. The summed E-state index contributed by atoms with van der Waals surface area (Å²) in [7, 11) is 3.76. The smallest absolute Gasteiger partial charge is 0.191 e. The molecular formula is C12H25N3O. The van der Waals surface area contributed by atoms with Gasteiger partial charge in [0.15, 0.2) is 5.96 Å². The predicted molar refractivity (Wildman–Crippen MR) is 67.5 cm³/mol. The second-order valence-corrected chi connectivity index (χ2v) is 5.42. The summed E-state index contributed by atoms with van der Waals surface area (Å²) < 4.78 is 5.09. The van der Waals surface area contributed by atoms with Crippen LogP contribution in [0.25, 0.3) is 0 Å². The normalized spacial score (nSPS) is 17.6. The zero-order chi connectivity index (χ0) is 12.2. The Morgan fingerprint density at radius 1 is 1.50 bits per heavy atom. The van der Waals surface area contributed by atoms with Crippen molar-refractivity contribution in [1.29, 1.82) is 0 Å². The van der Waals surface area contributed by atoms with Gasteiger partial charge in [-0.1, -0.05) is 13.8 Å². The summed E-state index contributed by atoms with van der Waals surface area (Å²) in [6, 6.07) is 0.630. The molecule has 0 aromatic heterocycles. The molecule has 0 aromatic rings. The molecule has 0 spiro atoms. The fourth-order valence-electron chi connectivity index (χ4n) is 1.51. The number of nitrogens with zero attached hydrogens (tertiary/aromatic N) is 2. The second-order valence-electron chi connectivity index (χ2n) is 5.42. The Balaban J connectivity index is 2.37. The molecule has 0 unspecified atom stereocenters. The van der Waals surface area contributed by atoms with Crippen LogP contribution in [0.4, 0.5) is 0 Å². The van der Waals surface area contributed by atoms with Crippen molar-refractivity contribution in [3.05, 3.63) is 0 Å². The summed E-state index contributed by atoms with van der Waals surface area (Å²) >= 11 is 0. The van der Waals surface area contributed by atoms with E-state index in [-0.39, 0.29) is 5.41 Å². The van der Waals surface area contributed by atoms with Crippen LogP contribution >= 0.6 is 0 Å². The second kappa shape index (κ2) is 5.53. The SMILES string of the molecule is COCCC(C)(C)CN=C(N)N(C)C1CC1. The number of guanidine groups is 1. The van der Waals surface area contributed by atoms with Gasteiger partial charge in [0.05, 0.1) is 0 Å². The molecule has 1 saturated carbocycles. The lowest BCUT2D eigenvalue weighted by atomic mass is 9.90. The number of hydrogen-bond acceptors (Lipinski definition) is 2. The number of nitrogens with two attached hydrogens (primary N) is 1. The van der Waals surface area contributed by atoms with Gasteiger partial charge in [0, 0.05) is 33.4 Å². The molecule has 0 radical (unpaired) electrons. The Hall–Kier alpha value is -0.770. The summed E-state index contributed by atoms with van der Waals surface area (Å²) in [5, 5.41) is 0. The van der Waals surface area contributed by atoms with Gasteiger partial charge in [0.2, 0.25) is 0 Å². The van der Waals surface area contributed by atoms with Crippen LogP contribution in [0.1, 0.15) is 33.1 Å². The molecule has 0 amide bonds. The van der Waals surface area contributed by atoms with Crippen LogP contribution in [0.2, 0.25) is 0 Å². The van der Waals surface area contributed by atoms with Gasteiger partial charge in [-0.25, -0.2) is 0 Å². The summed E-state index contributed by atoms with van der Waals surface area (Å²) in [6.45, 7) is 5.93. The Morgan fingerprint density at radius 2 is 2.12 bits per heavy atom. The zero-order valence-electron chi connectivity index (χ0n) is 11.0. The third kappa shape index (κ3) is 4.39. The van der Waals surface area contributed by atoms with Crippen LogP contribution in [0.5, 0.6) is 0 Å². The highest BCUT2D eigenvalue weighted by atomic mass is 16.5. The first-order valence-corrected chi connectivity index (χ1v) is 5.98. The molecule has 4 heteroatoms. The van der Waals surface area contributed by atoms with Crippen molar-refractivity contribution in [3.63, 3.8) is 0 Å². The van der Waals surface area contributed by atoms with Crippen molar-refractivity contribution < 1.29 is 4.74 Å². The molecule has 16 heavy (non-hydrogen) atoms. The highest BCUT2D eigenvalue weighted by molar-refractivity contribution is 5.78. The van der Waals surface area contributed by atoms with Gasteiger partial charge >= 0.3 is 0 Å². The number of ether oxygens (including phenoxy) is 1. The topological polar surface area (TPSA) is 50.9 Å². The largest absolute Gasteiger partial charge is 0.385 e. The van der Waals surface area contributed by atoms with Crippen LogP contribution in [0, 0.1) is 5.41 Å². The van der Waals surface area contributed by atoms with E-state index in [1.807, 2.05) is 7.05 Å². The molecular weight excluding hydrogens is 202 g/mol. The van der Waals surface area contributed by atoms with Crippen molar-refractivity contribution in [2.45, 2.75) is 39.2 Å². The number of aliphatic imine (C=N–C) groups is 1. The van der Waals surface area contributed by atoms with E-state index in [2.05, 4.69) is 23.7 Å². The predicted octanol–water partition coefficient (Wildman–Crippen LogP) is 1.46. The van der Waals surface area contributed by atoms with Crippen molar-refractivity contribution in [2.24, 2.45) is 16.1 Å². The number of hydrogen-bond donors (Lipinski definition) is 1. The maximum Gasteiger partial charge on any atom is 0.191 e. The van der Waals surface area contributed by atoms with Crippen LogP contribution < -0.4 is 5.73 Å². The van der Waals surface area contributed by atoms with E-state index in [0.717, 1.165) is 19.6 Å². The van der Waals surface area contributed by atoms with Gasteiger partial charge in [0.25, 0.3) is 0 Å². The lowest BCUT2D eigenvalue weighted by molar-refractivity contribution is 0.155. The molecule has 1 aliphatic carbocycles. The summed E-state index contributed by atoms with van der Waals surface area (Å²) in [5.41, 5.74) is 6.10. The average molecular weight is 227 g/mol. The molecule has 4 nitrogen and oxygen atoms in total. The lowest BCUT2D eigenvalue weighted by Crippen LogP contribution is -2.36. The van der Waals surface area contributed by atoms with Gasteiger partial charge in [0.1, 0.15) is 0 Å². The first-order valence-electron chi connectivity index (χ1n) is 5.98. The van der Waals surface area contributed by atoms with Crippen molar-refractivity contribution in [2.75, 3.05) is 27.3 Å². The fourth-order valence-corrected chi connectivity index (χ4v) is 1.51. The van der Waals surface area contributed by atoms with E-state index in [0.29, 0.717) is 12.0 Å². The van der Waals surface area contributed by atoms with Crippen molar-refractivity contribution in [3.8, 4) is 0 Å². The first kappa shape index (κ1) is 13.3. The molecule has 0 saturated heterocycles. The minimum atomic E-state index is 0.158. The van der Waals surface area contributed by atoms with Gasteiger partial charge in [-0.2, -0.15) is 0 Å². The summed E-state index contributed by atoms with van der Waals surface area (Å²) in [6.07, 6.45) is 3.51. The van der Waals surface area contributed by atoms with Crippen LogP contribution in [-0.2, 0) is 4.74 Å². The van der Waals surface area contributed by atoms with Crippen LogP contribution in [-0.4, -0.2) is 44.2 Å². The molecule has 2 N–H and O–H groups in total. The molecule has 94 valence electrons. The van der Waals surface area contributed by atoms with E-state index < -0.39 is 0 Å². The highest BCUT2D eigenvalue weighted by Gasteiger charge is 2.27. The van der Waals surface area contributed by atoms with E-state index in [1.165, 1.54) is 12.8 Å². The van der Waals surface area contributed by atoms with E-state index in [9.17, 15) is 0 Å². The molecule has 0 bridgehead atoms. The summed E-state index contributed by atoms with van der Waals surface area (Å²) in [5.74, 6) is 0.674. The van der Waals surface area contributed by atoms with Crippen LogP contribution in [0.15, 0.2) is 4.99 Å². The number of methoxy groups -OCH3 is 1. The summed E-state index contributed by atoms with van der Waals surface area (Å²) in [4.78, 5) is 6.56. The number of rotatable bonds is 6. The Bertz CT molecular complexity index is 247. The molecule has 0 atom stereocenters. The van der Waals surface area contributed by atoms with Gasteiger partial charge in [-0.05, 0) is 24.7 Å². The molecule has 0 heterocycles. The maximum absolute atomic E-state index is 5.94. The third-order valence-corrected chi connectivity index (χ3v) is 3.11. The van der Waals surface area contributed by atoms with Gasteiger partial charge < -0.3 is 15.4 Å². The molecule has 1 rings (SSSR count). The third-order valence-electron chi connectivity index (χ3n) is 3.11. The minimum Gasteiger partial charge on any atom is -0.385 e. The standard InChI is InChI=1S/C12H25N3O/c1-12(2,7-8-16-4)9-14-11(13)15(3)10-5-6-10/h10H,5-9H2,1-4H3,(H2,13,14). The minimum absolute atomic E-state index is 0.158. The van der Waals surface area contributed by atoms with Crippen molar-refractivity contribution >= 4 is 5.96 Å². The van der Waals surface area contributed by atoms with Gasteiger partial charge in [-0.15, -0.1) is 0 Å². The monoisotopic (exact) mass is 227 g/mol. The van der Waals surface area contributed by atoms with E-state index in [1.54, 1.807) is 7.11 Å². The highest BCUT2D eigenvalue weighted by Crippen LogP contribution is 2.25. The first-order chi connectivity index (χ1) is 7.46. The van der Waals surface area contributed by atoms with Gasteiger partial charge in [-0.3, -0.25) is 4.99 Å². The maximum atomic E-state index is 5.94. The lowest BCUT2D eigenvalue weighted by Gasteiger charge is -2.23. The fraction of sp³-hybridized carbons (Fsp3) is 0.917. The van der Waals surface area contributed by atoms with Crippen molar-refractivity contribution in [1.82, 2.24) is 4.90 Å². The quantitative estimate of drug-likeness (QED) is 0.552. The Morgan fingerprint density at radius 3 is 2.62 bits per heavy atom. The van der Waals surface area contributed by atoms with Crippen LogP contribution in [0.3, 0.4) is 0 Å². The molecule has 1 aliphatic rings. The molecule has 0 aromatic carbocycles. The molecule has 1 fully saturated rings. The zero-order valence-corrected chi connectivity index (χ0v) is 11.0. The average Bonchev–Trinajstić information content (AvgIpc) is 3.06. The van der Waals surface area contributed by atoms with E-state index in [4.69, 9.17) is 10.5 Å². The van der Waals surface area contributed by atoms with E-state index >= 15 is 0 Å². The molecule has 0 aliphatic heterocycles. The Labute approximate surface area is 98.9 Å².